The second-order valence-electron chi connectivity index (χ2n) is 2.35. The van der Waals surface area contributed by atoms with E-state index < -0.39 is 6.17 Å². The van der Waals surface area contributed by atoms with E-state index in [0.717, 1.165) is 0 Å². The van der Waals surface area contributed by atoms with E-state index in [1.165, 1.54) is 0 Å². The van der Waals surface area contributed by atoms with Gasteiger partial charge < -0.3 is 0 Å². The maximum atomic E-state index is 10.4. The summed E-state index contributed by atoms with van der Waals surface area (Å²) in [5.41, 5.74) is 0. The van der Waals surface area contributed by atoms with E-state index in [4.69, 9.17) is 0 Å². The van der Waals surface area contributed by atoms with Crippen LogP contribution in [0.4, 0.5) is 0 Å². The fourth-order valence-electron chi connectivity index (χ4n) is 1.11. The normalized spacial score (nSPS) is 23.6. The smallest absolute Gasteiger partial charge is 0.297 e. The van der Waals surface area contributed by atoms with E-state index in [0.29, 0.717) is 12.4 Å². The summed E-state index contributed by atoms with van der Waals surface area (Å²) in [5.74, 6) is 0.710. The Morgan fingerprint density at radius 1 is 2.00 bits per heavy atom. The first-order chi connectivity index (χ1) is 5.16. The largest absolute Gasteiger partial charge is 0.307 e. The van der Waals surface area contributed by atoms with Gasteiger partial charge in [-0.25, -0.2) is 0 Å². The van der Waals surface area contributed by atoms with E-state index in [2.05, 4.69) is 11.9 Å². The standard InChI is InChI=1S/C6H10N3O2/c1-3-8-5(2)7-4-6(8)9(10)11/h6H,1,3-4H2,2H3. The van der Waals surface area contributed by atoms with Crippen LogP contribution >= 0.6 is 0 Å². The third-order valence-electron chi connectivity index (χ3n) is 1.74. The molecule has 1 aliphatic rings. The highest BCUT2D eigenvalue weighted by atomic mass is 16.6. The minimum Gasteiger partial charge on any atom is -0.297 e. The van der Waals surface area contributed by atoms with Gasteiger partial charge in [0, 0.05) is 11.5 Å². The molecule has 0 aromatic carbocycles. The zero-order valence-corrected chi connectivity index (χ0v) is 6.36. The molecule has 0 bridgehead atoms. The van der Waals surface area contributed by atoms with Crippen molar-refractivity contribution < 1.29 is 4.92 Å². The average molecular weight is 156 g/mol. The lowest BCUT2D eigenvalue weighted by atomic mass is 10.4. The highest BCUT2D eigenvalue weighted by Gasteiger charge is 2.32. The molecule has 0 fully saturated rings. The number of nitrogens with zero attached hydrogens (tertiary/aromatic N) is 3. The Bertz CT molecular complexity index is 202. The Kier molecular flexibility index (Phi) is 2.07. The van der Waals surface area contributed by atoms with E-state index in [1.54, 1.807) is 11.8 Å². The molecule has 0 N–H and O–H groups in total. The molecule has 0 aliphatic carbocycles. The summed E-state index contributed by atoms with van der Waals surface area (Å²) < 4.78 is 0. The molecule has 0 spiro atoms. The summed E-state index contributed by atoms with van der Waals surface area (Å²) in [6.07, 6.45) is -0.688. The Morgan fingerprint density at radius 3 is 3.00 bits per heavy atom. The zero-order valence-electron chi connectivity index (χ0n) is 6.36. The first-order valence-corrected chi connectivity index (χ1v) is 3.37. The van der Waals surface area contributed by atoms with E-state index in [9.17, 15) is 10.1 Å². The monoisotopic (exact) mass is 156 g/mol. The zero-order chi connectivity index (χ0) is 8.43. The van der Waals surface area contributed by atoms with Gasteiger partial charge in [-0.2, -0.15) is 0 Å². The van der Waals surface area contributed by atoms with E-state index in [-0.39, 0.29) is 11.5 Å². The van der Waals surface area contributed by atoms with Crippen LogP contribution in [0.3, 0.4) is 0 Å². The molecule has 0 aromatic heterocycles. The van der Waals surface area contributed by atoms with Crippen LogP contribution in [0.15, 0.2) is 4.99 Å². The molecule has 1 rings (SSSR count). The molecule has 0 saturated carbocycles. The van der Waals surface area contributed by atoms with Gasteiger partial charge in [0.05, 0.1) is 0 Å². The number of amidine groups is 1. The minimum atomic E-state index is -0.688. The van der Waals surface area contributed by atoms with Gasteiger partial charge in [-0.15, -0.1) is 0 Å². The van der Waals surface area contributed by atoms with Crippen molar-refractivity contribution in [3.63, 3.8) is 0 Å². The Hall–Kier alpha value is -1.13. The molecule has 61 valence electrons. The van der Waals surface area contributed by atoms with Crippen molar-refractivity contribution in [3.05, 3.63) is 17.0 Å². The van der Waals surface area contributed by atoms with E-state index >= 15 is 0 Å². The van der Waals surface area contributed by atoms with Gasteiger partial charge >= 0.3 is 6.17 Å². The number of hydrogen-bond donors (Lipinski definition) is 0. The molecule has 1 heterocycles. The lowest BCUT2D eigenvalue weighted by Crippen LogP contribution is -2.40. The summed E-state index contributed by atoms with van der Waals surface area (Å²) in [6.45, 7) is 6.01. The molecular weight excluding hydrogens is 146 g/mol. The molecule has 5 heteroatoms. The summed E-state index contributed by atoms with van der Waals surface area (Å²) in [7, 11) is 0. The van der Waals surface area contributed by atoms with Crippen LogP contribution in [-0.4, -0.2) is 34.9 Å². The molecule has 1 atom stereocenters. The van der Waals surface area contributed by atoms with Gasteiger partial charge in [0.2, 0.25) is 0 Å². The fraction of sp³-hybridized carbons (Fsp3) is 0.667. The van der Waals surface area contributed by atoms with Crippen LogP contribution in [0, 0.1) is 17.0 Å². The average Bonchev–Trinajstić information content (AvgIpc) is 2.30. The van der Waals surface area contributed by atoms with Crippen molar-refractivity contribution in [1.29, 1.82) is 0 Å². The van der Waals surface area contributed by atoms with E-state index in [1.807, 2.05) is 0 Å². The molecule has 0 aromatic rings. The molecule has 0 amide bonds. The summed E-state index contributed by atoms with van der Waals surface area (Å²) in [4.78, 5) is 15.6. The quantitative estimate of drug-likeness (QED) is 0.422. The van der Waals surface area contributed by atoms with Crippen LogP contribution in [0.5, 0.6) is 0 Å². The highest BCUT2D eigenvalue weighted by molar-refractivity contribution is 5.81. The molecule has 1 unspecified atom stereocenters. The predicted octanol–water partition coefficient (Wildman–Crippen LogP) is 0.157. The highest BCUT2D eigenvalue weighted by Crippen LogP contribution is 2.09. The number of aliphatic imine (C=N–C) groups is 1. The maximum Gasteiger partial charge on any atom is 0.307 e. The molecule has 1 aliphatic heterocycles. The summed E-state index contributed by atoms with van der Waals surface area (Å²) in [6, 6.07) is 0. The lowest BCUT2D eigenvalue weighted by molar-refractivity contribution is -0.538. The molecule has 1 radical (unpaired) electrons. The molecule has 11 heavy (non-hydrogen) atoms. The molecule has 0 saturated heterocycles. The second kappa shape index (κ2) is 2.86. The maximum absolute atomic E-state index is 10.4. The second-order valence-corrected chi connectivity index (χ2v) is 2.35. The van der Waals surface area contributed by atoms with Gasteiger partial charge in [0.1, 0.15) is 12.4 Å². The minimum absolute atomic E-state index is 0.258. The number of nitro groups is 1. The first-order valence-electron chi connectivity index (χ1n) is 3.37. The van der Waals surface area contributed by atoms with Crippen LogP contribution in [0.1, 0.15) is 6.92 Å². The SMILES string of the molecule is [CH2]CN1C(C)=NCC1[N+](=O)[O-]. The van der Waals surface area contributed by atoms with Crippen LogP contribution in [0.2, 0.25) is 0 Å². The van der Waals surface area contributed by atoms with Gasteiger partial charge in [-0.05, 0) is 13.8 Å². The van der Waals surface area contributed by atoms with Crippen molar-refractivity contribution in [2.24, 2.45) is 4.99 Å². The lowest BCUT2D eigenvalue weighted by Gasteiger charge is -2.17. The Balaban J connectivity index is 2.68. The molecular formula is C6H10N3O2. The van der Waals surface area contributed by atoms with Gasteiger partial charge in [-0.3, -0.25) is 20.0 Å². The molecule has 5 nitrogen and oxygen atoms in total. The predicted molar refractivity (Wildman–Crippen MR) is 40.8 cm³/mol. The first kappa shape index (κ1) is 7.97. The van der Waals surface area contributed by atoms with Crippen LogP contribution < -0.4 is 0 Å². The van der Waals surface area contributed by atoms with Crippen molar-refractivity contribution in [3.8, 4) is 0 Å². The Labute approximate surface area is 64.9 Å². The van der Waals surface area contributed by atoms with Crippen LogP contribution in [-0.2, 0) is 0 Å². The van der Waals surface area contributed by atoms with Gasteiger partial charge in [-0.1, -0.05) is 0 Å². The number of rotatable bonds is 2. The number of hydrogen-bond acceptors (Lipinski definition) is 4. The van der Waals surface area contributed by atoms with Gasteiger partial charge in [0.15, 0.2) is 0 Å². The third-order valence-corrected chi connectivity index (χ3v) is 1.74. The Morgan fingerprint density at radius 2 is 2.64 bits per heavy atom. The summed E-state index contributed by atoms with van der Waals surface area (Å²) in [5, 5.41) is 10.4. The summed E-state index contributed by atoms with van der Waals surface area (Å²) >= 11 is 0. The van der Waals surface area contributed by atoms with Crippen molar-refractivity contribution in [2.75, 3.05) is 13.1 Å². The van der Waals surface area contributed by atoms with Gasteiger partial charge in [0.25, 0.3) is 0 Å². The van der Waals surface area contributed by atoms with Crippen LogP contribution in [0.25, 0.3) is 0 Å². The van der Waals surface area contributed by atoms with Crippen molar-refractivity contribution >= 4 is 5.84 Å². The van der Waals surface area contributed by atoms with Crippen molar-refractivity contribution in [1.82, 2.24) is 4.90 Å². The fourth-order valence-corrected chi connectivity index (χ4v) is 1.11. The topological polar surface area (TPSA) is 58.7 Å². The van der Waals surface area contributed by atoms with Crippen molar-refractivity contribution in [2.45, 2.75) is 13.1 Å². The third kappa shape index (κ3) is 1.31.